The molecule has 2 heteroatoms. The third-order valence-corrected chi connectivity index (χ3v) is 6.83. The number of aliphatic hydroxyl groups is 2. The average molecular weight is 441 g/mol. The predicted octanol–water partition coefficient (Wildman–Crippen LogP) is 9.50. The largest absolute Gasteiger partial charge is 0.393 e. The van der Waals surface area contributed by atoms with Crippen molar-refractivity contribution in [3.8, 4) is 0 Å². The van der Waals surface area contributed by atoms with Crippen LogP contribution in [0.3, 0.4) is 0 Å². The van der Waals surface area contributed by atoms with Gasteiger partial charge in [0.15, 0.2) is 0 Å². The lowest BCUT2D eigenvalue weighted by Gasteiger charge is -2.15. The van der Waals surface area contributed by atoms with Crippen LogP contribution >= 0.6 is 0 Å². The van der Waals surface area contributed by atoms with Gasteiger partial charge in [0.2, 0.25) is 0 Å². The van der Waals surface area contributed by atoms with Crippen LogP contribution in [0, 0.1) is 0 Å². The molecule has 0 aliphatic heterocycles. The van der Waals surface area contributed by atoms with Crippen molar-refractivity contribution in [1.29, 1.82) is 0 Å². The van der Waals surface area contributed by atoms with Gasteiger partial charge in [-0.05, 0) is 19.3 Å². The second kappa shape index (κ2) is 26.2. The minimum absolute atomic E-state index is 0.303. The van der Waals surface area contributed by atoms with Gasteiger partial charge in [0.05, 0.1) is 12.2 Å². The molecule has 188 valence electrons. The molecular weight excluding hydrogens is 380 g/mol. The van der Waals surface area contributed by atoms with Gasteiger partial charge in [-0.15, -0.1) is 0 Å². The van der Waals surface area contributed by atoms with Gasteiger partial charge in [-0.2, -0.15) is 0 Å². The molecule has 0 aliphatic rings. The third kappa shape index (κ3) is 26.1. The van der Waals surface area contributed by atoms with E-state index in [1.807, 2.05) is 0 Å². The molecule has 2 N–H and O–H groups in total. The topological polar surface area (TPSA) is 40.5 Å². The third-order valence-electron chi connectivity index (χ3n) is 6.83. The van der Waals surface area contributed by atoms with Crippen LogP contribution in [0.2, 0.25) is 0 Å². The quantitative estimate of drug-likeness (QED) is 0.131. The van der Waals surface area contributed by atoms with Crippen LogP contribution in [-0.2, 0) is 0 Å². The summed E-state index contributed by atoms with van der Waals surface area (Å²) in [5, 5.41) is 20.2. The molecule has 0 heterocycles. The maximum Gasteiger partial charge on any atom is 0.0564 e. The molecule has 0 aromatic rings. The molecule has 0 aromatic carbocycles. The van der Waals surface area contributed by atoms with Gasteiger partial charge in [-0.3, -0.25) is 0 Å². The maximum atomic E-state index is 10.1. The number of hydrogen-bond acceptors (Lipinski definition) is 2. The van der Waals surface area contributed by atoms with E-state index in [1.165, 1.54) is 128 Å². The van der Waals surface area contributed by atoms with E-state index in [1.54, 1.807) is 0 Å². The standard InChI is InChI=1S/C29H60O2/c1-3-5-7-9-10-11-12-13-14-15-16-17-18-19-20-22-24-26-29(31)27-28(30)25-23-21-8-6-4-2/h28-31H,3-27H2,1-2H3. The molecule has 31 heavy (non-hydrogen) atoms. The fourth-order valence-corrected chi connectivity index (χ4v) is 4.64. The monoisotopic (exact) mass is 440 g/mol. The van der Waals surface area contributed by atoms with E-state index in [0.717, 1.165) is 25.7 Å². The van der Waals surface area contributed by atoms with Gasteiger partial charge in [-0.25, -0.2) is 0 Å². The van der Waals surface area contributed by atoms with Crippen molar-refractivity contribution in [2.75, 3.05) is 0 Å². The van der Waals surface area contributed by atoms with Gasteiger partial charge in [0.1, 0.15) is 0 Å². The van der Waals surface area contributed by atoms with Gasteiger partial charge in [0.25, 0.3) is 0 Å². The lowest BCUT2D eigenvalue weighted by atomic mass is 10.00. The number of rotatable bonds is 26. The van der Waals surface area contributed by atoms with Crippen molar-refractivity contribution in [1.82, 2.24) is 0 Å². The zero-order valence-corrected chi connectivity index (χ0v) is 21.7. The summed E-state index contributed by atoms with van der Waals surface area (Å²) in [6.45, 7) is 4.52. The smallest absolute Gasteiger partial charge is 0.0564 e. The summed E-state index contributed by atoms with van der Waals surface area (Å²) in [6.07, 6.45) is 31.5. The summed E-state index contributed by atoms with van der Waals surface area (Å²) < 4.78 is 0. The van der Waals surface area contributed by atoms with Crippen molar-refractivity contribution in [3.63, 3.8) is 0 Å². The molecule has 2 atom stereocenters. The zero-order valence-electron chi connectivity index (χ0n) is 21.7. The highest BCUT2D eigenvalue weighted by Gasteiger charge is 2.11. The zero-order chi connectivity index (χ0) is 22.8. The average Bonchev–Trinajstić information content (AvgIpc) is 2.75. The second-order valence-corrected chi connectivity index (χ2v) is 10.2. The molecular formula is C29H60O2. The first-order valence-electron chi connectivity index (χ1n) is 14.6. The van der Waals surface area contributed by atoms with Gasteiger partial charge >= 0.3 is 0 Å². The fraction of sp³-hybridized carbons (Fsp3) is 1.00. The van der Waals surface area contributed by atoms with Gasteiger partial charge in [-0.1, -0.05) is 155 Å². The molecule has 0 saturated heterocycles. The van der Waals surface area contributed by atoms with E-state index in [0.29, 0.717) is 6.42 Å². The van der Waals surface area contributed by atoms with Crippen molar-refractivity contribution in [3.05, 3.63) is 0 Å². The summed E-state index contributed by atoms with van der Waals surface area (Å²) in [7, 11) is 0. The fourth-order valence-electron chi connectivity index (χ4n) is 4.64. The molecule has 2 nitrogen and oxygen atoms in total. The Morgan fingerprint density at radius 2 is 0.581 bits per heavy atom. The second-order valence-electron chi connectivity index (χ2n) is 10.2. The van der Waals surface area contributed by atoms with Crippen LogP contribution in [0.5, 0.6) is 0 Å². The Morgan fingerprint density at radius 1 is 0.355 bits per heavy atom. The summed E-state index contributed by atoms with van der Waals surface area (Å²) in [6, 6.07) is 0. The summed E-state index contributed by atoms with van der Waals surface area (Å²) in [4.78, 5) is 0. The highest BCUT2D eigenvalue weighted by atomic mass is 16.3. The Kier molecular flexibility index (Phi) is 26.1. The van der Waals surface area contributed by atoms with E-state index in [4.69, 9.17) is 0 Å². The number of aliphatic hydroxyl groups excluding tert-OH is 2. The molecule has 0 saturated carbocycles. The van der Waals surface area contributed by atoms with Crippen LogP contribution in [-0.4, -0.2) is 22.4 Å². The Bertz CT molecular complexity index is 318. The Balaban J connectivity index is 3.21. The summed E-state index contributed by atoms with van der Waals surface area (Å²) in [5.41, 5.74) is 0. The lowest BCUT2D eigenvalue weighted by Crippen LogP contribution is -2.17. The molecule has 0 bridgehead atoms. The van der Waals surface area contributed by atoms with Crippen LogP contribution in [0.4, 0.5) is 0 Å². The molecule has 0 rings (SSSR count). The SMILES string of the molecule is CCCCCCCCCCCCCCCCCCCC(O)CC(O)CCCCCCC. The van der Waals surface area contributed by atoms with E-state index < -0.39 is 0 Å². The molecule has 0 spiro atoms. The first kappa shape index (κ1) is 30.9. The van der Waals surface area contributed by atoms with Crippen molar-refractivity contribution in [2.24, 2.45) is 0 Å². The molecule has 0 aliphatic carbocycles. The predicted molar refractivity (Wildman–Crippen MR) is 139 cm³/mol. The first-order chi connectivity index (χ1) is 15.2. The lowest BCUT2D eigenvalue weighted by molar-refractivity contribution is 0.0680. The highest BCUT2D eigenvalue weighted by molar-refractivity contribution is 4.64. The van der Waals surface area contributed by atoms with Crippen molar-refractivity contribution in [2.45, 2.75) is 187 Å². The maximum absolute atomic E-state index is 10.1. The normalized spacial score (nSPS) is 13.5. The minimum atomic E-state index is -0.304. The van der Waals surface area contributed by atoms with Crippen LogP contribution in [0.25, 0.3) is 0 Å². The van der Waals surface area contributed by atoms with E-state index in [2.05, 4.69) is 13.8 Å². The van der Waals surface area contributed by atoms with Crippen molar-refractivity contribution < 1.29 is 10.2 Å². The van der Waals surface area contributed by atoms with Gasteiger partial charge < -0.3 is 10.2 Å². The molecule has 0 radical (unpaired) electrons. The van der Waals surface area contributed by atoms with Crippen LogP contribution in [0.15, 0.2) is 0 Å². The molecule has 0 aromatic heterocycles. The van der Waals surface area contributed by atoms with Crippen LogP contribution < -0.4 is 0 Å². The number of hydrogen-bond donors (Lipinski definition) is 2. The summed E-state index contributed by atoms with van der Waals surface area (Å²) in [5.74, 6) is 0. The molecule has 2 unspecified atom stereocenters. The first-order valence-corrected chi connectivity index (χ1v) is 14.6. The van der Waals surface area contributed by atoms with E-state index in [9.17, 15) is 10.2 Å². The molecule has 0 amide bonds. The van der Waals surface area contributed by atoms with Crippen LogP contribution in [0.1, 0.15) is 174 Å². The Labute approximate surface area is 197 Å². The summed E-state index contributed by atoms with van der Waals surface area (Å²) >= 11 is 0. The van der Waals surface area contributed by atoms with Gasteiger partial charge in [0, 0.05) is 0 Å². The highest BCUT2D eigenvalue weighted by Crippen LogP contribution is 2.16. The van der Waals surface area contributed by atoms with E-state index in [-0.39, 0.29) is 12.2 Å². The molecule has 0 fully saturated rings. The Hall–Kier alpha value is -0.0800. The number of unbranched alkanes of at least 4 members (excludes halogenated alkanes) is 20. The Morgan fingerprint density at radius 3 is 0.839 bits per heavy atom. The van der Waals surface area contributed by atoms with E-state index >= 15 is 0 Å². The van der Waals surface area contributed by atoms with Crippen molar-refractivity contribution >= 4 is 0 Å². The minimum Gasteiger partial charge on any atom is -0.393 e.